The molecule has 0 aromatic heterocycles. The average Bonchev–Trinajstić information content (AvgIpc) is 3.06. The molecule has 300 valence electrons. The predicted octanol–water partition coefficient (Wildman–Crippen LogP) is 13.2. The van der Waals surface area contributed by atoms with Crippen LogP contribution in [0.15, 0.2) is 24.3 Å². The van der Waals surface area contributed by atoms with Gasteiger partial charge < -0.3 is 14.0 Å². The Kier molecular flexibility index (Phi) is 32.8. The lowest BCUT2D eigenvalue weighted by molar-refractivity contribution is -0.903. The summed E-state index contributed by atoms with van der Waals surface area (Å²) >= 11 is 0. The highest BCUT2D eigenvalue weighted by molar-refractivity contribution is 5.70. The molecule has 0 aromatic carbocycles. The van der Waals surface area contributed by atoms with Gasteiger partial charge in [0, 0.05) is 12.8 Å². The predicted molar refractivity (Wildman–Crippen MR) is 208 cm³/mol. The number of hydrogen-bond donors (Lipinski definition) is 0. The number of quaternary nitrogens is 1. The van der Waals surface area contributed by atoms with Crippen LogP contribution in [0.2, 0.25) is 0 Å². The number of hydrogen-bond acceptors (Lipinski definition) is 4. The van der Waals surface area contributed by atoms with Gasteiger partial charge in [-0.15, -0.1) is 0 Å². The average molecular weight is 731 g/mol. The molecule has 0 spiro atoms. The van der Waals surface area contributed by atoms with E-state index in [1.165, 1.54) is 104 Å². The summed E-state index contributed by atoms with van der Waals surface area (Å²) in [6.45, 7) is 3.12. The van der Waals surface area contributed by atoms with Gasteiger partial charge in [-0.05, 0) is 64.2 Å². The van der Waals surface area contributed by atoms with Crippen molar-refractivity contribution in [3.05, 3.63) is 24.3 Å². The first-order valence-electron chi connectivity index (χ1n) is 21.0. The van der Waals surface area contributed by atoms with Gasteiger partial charge in [0.15, 0.2) is 12.6 Å². The van der Waals surface area contributed by atoms with E-state index in [4.69, 9.17) is 9.47 Å². The van der Waals surface area contributed by atoms with E-state index in [0.717, 1.165) is 64.2 Å². The van der Waals surface area contributed by atoms with Crippen molar-refractivity contribution in [3.63, 3.8) is 0 Å². The molecule has 0 aromatic rings. The number of halogens is 3. The van der Waals surface area contributed by atoms with E-state index < -0.39 is 35.2 Å². The van der Waals surface area contributed by atoms with E-state index in [9.17, 15) is 22.8 Å². The van der Waals surface area contributed by atoms with Crippen LogP contribution in [0.25, 0.3) is 0 Å². The minimum Gasteiger partial charge on any atom is -0.461 e. The molecule has 8 heteroatoms. The molecule has 0 heterocycles. The van der Waals surface area contributed by atoms with Crippen LogP contribution in [0.1, 0.15) is 194 Å². The Hall–Kier alpha value is -1.83. The van der Waals surface area contributed by atoms with E-state index in [-0.39, 0.29) is 26.0 Å². The second-order valence-corrected chi connectivity index (χ2v) is 15.4. The lowest BCUT2D eigenvalue weighted by atomic mass is 10.1. The number of nitrogens with zero attached hydrogens (tertiary/aromatic N) is 1. The Morgan fingerprint density at radius 1 is 0.549 bits per heavy atom. The Balaban J connectivity index is 4.25. The van der Waals surface area contributed by atoms with E-state index in [2.05, 4.69) is 38.2 Å². The molecule has 0 aliphatic rings. The SMILES string of the molecule is CCCCCCCC/C=C/CCCCCCCC(=O)OCC(C[N+](C)(C)CC(F)(F)F)OC(=O)CCCCCCC/C=C/CCCCCCCC. The molecule has 1 unspecified atom stereocenters. The van der Waals surface area contributed by atoms with E-state index >= 15 is 0 Å². The third kappa shape index (κ3) is 37.7. The molecule has 0 fully saturated rings. The number of carbonyl (C=O) groups excluding carboxylic acids is 2. The maximum absolute atomic E-state index is 13.2. The number of alkyl halides is 3. The lowest BCUT2D eigenvalue weighted by Crippen LogP contribution is -2.52. The second kappa shape index (κ2) is 34.0. The minimum atomic E-state index is -4.36. The summed E-state index contributed by atoms with van der Waals surface area (Å²) in [7, 11) is 2.90. The number of unbranched alkanes of at least 4 members (excludes halogenated alkanes) is 22. The summed E-state index contributed by atoms with van der Waals surface area (Å²) in [5.41, 5.74) is 0. The Morgan fingerprint density at radius 2 is 0.902 bits per heavy atom. The monoisotopic (exact) mass is 731 g/mol. The summed E-state index contributed by atoms with van der Waals surface area (Å²) in [5, 5.41) is 0. The smallest absolute Gasteiger partial charge is 0.438 e. The zero-order chi connectivity index (χ0) is 37.9. The van der Waals surface area contributed by atoms with Crippen LogP contribution in [0.4, 0.5) is 13.2 Å². The van der Waals surface area contributed by atoms with Gasteiger partial charge in [-0.1, -0.05) is 141 Å². The summed E-state index contributed by atoms with van der Waals surface area (Å²) in [6, 6.07) is 0. The van der Waals surface area contributed by atoms with Crippen molar-refractivity contribution < 1.29 is 36.7 Å². The second-order valence-electron chi connectivity index (χ2n) is 15.4. The number of esters is 2. The number of likely N-dealkylation sites (N-methyl/N-ethyl adjacent to an activating group) is 1. The molecule has 0 aliphatic heterocycles. The quantitative estimate of drug-likeness (QED) is 0.0279. The van der Waals surface area contributed by atoms with Crippen LogP contribution in [-0.2, 0) is 19.1 Å². The molecule has 0 saturated carbocycles. The molecule has 51 heavy (non-hydrogen) atoms. The molecule has 0 amide bonds. The first-order chi connectivity index (χ1) is 24.5. The minimum absolute atomic E-state index is 0.0850. The van der Waals surface area contributed by atoms with Gasteiger partial charge in [0.25, 0.3) is 0 Å². The van der Waals surface area contributed by atoms with Crippen LogP contribution in [0.5, 0.6) is 0 Å². The zero-order valence-corrected chi connectivity index (χ0v) is 33.5. The van der Waals surface area contributed by atoms with E-state index in [1.807, 2.05) is 0 Å². The van der Waals surface area contributed by atoms with Crippen LogP contribution in [0.3, 0.4) is 0 Å². The molecule has 0 radical (unpaired) electrons. The van der Waals surface area contributed by atoms with E-state index in [0.29, 0.717) is 12.8 Å². The Morgan fingerprint density at radius 3 is 1.29 bits per heavy atom. The fourth-order valence-electron chi connectivity index (χ4n) is 6.41. The molecular formula is C43H79F3NO4+. The molecule has 5 nitrogen and oxygen atoms in total. The molecule has 1 atom stereocenters. The first-order valence-corrected chi connectivity index (χ1v) is 21.0. The highest BCUT2D eigenvalue weighted by Crippen LogP contribution is 2.20. The van der Waals surface area contributed by atoms with Crippen LogP contribution in [-0.4, -0.2) is 62.5 Å². The number of allylic oxidation sites excluding steroid dienone is 4. The van der Waals surface area contributed by atoms with Gasteiger partial charge in [0.1, 0.15) is 13.2 Å². The van der Waals surface area contributed by atoms with Crippen LogP contribution >= 0.6 is 0 Å². The Labute approximate surface area is 312 Å². The summed E-state index contributed by atoms with van der Waals surface area (Å²) in [5.74, 6) is -0.843. The fraction of sp³-hybridized carbons (Fsp3) is 0.860. The van der Waals surface area contributed by atoms with Crippen molar-refractivity contribution in [2.75, 3.05) is 33.8 Å². The summed E-state index contributed by atoms with van der Waals surface area (Å²) in [4.78, 5) is 25.1. The molecule has 0 rings (SSSR count). The van der Waals surface area contributed by atoms with Crippen LogP contribution in [0, 0.1) is 0 Å². The van der Waals surface area contributed by atoms with Gasteiger partial charge in [0.2, 0.25) is 0 Å². The third-order valence-electron chi connectivity index (χ3n) is 9.32. The van der Waals surface area contributed by atoms with Gasteiger partial charge in [-0.25, -0.2) is 0 Å². The molecule has 0 saturated heterocycles. The Bertz CT molecular complexity index is 872. The van der Waals surface area contributed by atoms with Crippen molar-refractivity contribution in [2.45, 2.75) is 206 Å². The van der Waals surface area contributed by atoms with Crippen molar-refractivity contribution in [1.82, 2.24) is 0 Å². The first kappa shape index (κ1) is 49.2. The highest BCUT2D eigenvalue weighted by Gasteiger charge is 2.39. The molecule has 0 bridgehead atoms. The van der Waals surface area contributed by atoms with Crippen molar-refractivity contribution >= 4 is 11.9 Å². The third-order valence-corrected chi connectivity index (χ3v) is 9.32. The lowest BCUT2D eigenvalue weighted by Gasteiger charge is -2.33. The summed E-state index contributed by atoms with van der Waals surface area (Å²) < 4.78 is 50.1. The number of ether oxygens (including phenoxy) is 2. The fourth-order valence-corrected chi connectivity index (χ4v) is 6.41. The largest absolute Gasteiger partial charge is 0.461 e. The highest BCUT2D eigenvalue weighted by atomic mass is 19.4. The van der Waals surface area contributed by atoms with E-state index in [1.54, 1.807) is 0 Å². The zero-order valence-electron chi connectivity index (χ0n) is 33.5. The van der Waals surface area contributed by atoms with Gasteiger partial charge in [-0.3, -0.25) is 9.59 Å². The number of carbonyl (C=O) groups is 2. The van der Waals surface area contributed by atoms with Crippen molar-refractivity contribution in [1.29, 1.82) is 0 Å². The maximum Gasteiger partial charge on any atom is 0.438 e. The molecule has 0 aliphatic carbocycles. The van der Waals surface area contributed by atoms with Crippen molar-refractivity contribution in [3.8, 4) is 0 Å². The number of rotatable bonds is 36. The van der Waals surface area contributed by atoms with Gasteiger partial charge in [0.05, 0.1) is 14.1 Å². The maximum atomic E-state index is 13.2. The van der Waals surface area contributed by atoms with Gasteiger partial charge in [-0.2, -0.15) is 13.2 Å². The summed E-state index contributed by atoms with van der Waals surface area (Å²) in [6.07, 6.45) is 34.6. The van der Waals surface area contributed by atoms with Crippen LogP contribution < -0.4 is 0 Å². The normalized spacial score (nSPS) is 13.0. The van der Waals surface area contributed by atoms with Gasteiger partial charge >= 0.3 is 18.1 Å². The van der Waals surface area contributed by atoms with Crippen molar-refractivity contribution in [2.24, 2.45) is 0 Å². The standard InChI is InChI=1S/C43H79F3NO4/c1-5-7-9-11-13-15-17-19-21-23-25-27-29-31-33-35-41(48)50-38-40(37-47(3,4)39-43(44,45)46)51-42(49)36-34-32-30-28-26-24-22-20-18-16-14-12-10-8-6-2/h19-22,40H,5-18,23-39H2,1-4H3/q+1/b21-19+,22-20+. The molecular weight excluding hydrogens is 651 g/mol. The molecule has 0 N–H and O–H groups in total. The topological polar surface area (TPSA) is 52.6 Å².